The first-order valence-electron chi connectivity index (χ1n) is 8.96. The molecule has 1 saturated heterocycles. The third kappa shape index (κ3) is 5.45. The summed E-state index contributed by atoms with van der Waals surface area (Å²) in [6.07, 6.45) is 5.79. The van der Waals surface area contributed by atoms with Crippen molar-refractivity contribution in [2.24, 2.45) is 17.8 Å². The lowest BCUT2D eigenvalue weighted by Crippen LogP contribution is -2.42. The van der Waals surface area contributed by atoms with Crippen LogP contribution in [0.3, 0.4) is 0 Å². The van der Waals surface area contributed by atoms with Gasteiger partial charge in [0.15, 0.2) is 0 Å². The maximum absolute atomic E-state index is 12.1. The molecular weight excluding hydrogens is 278 g/mol. The van der Waals surface area contributed by atoms with Gasteiger partial charge in [-0.05, 0) is 64.2 Å². The molecule has 2 aliphatic rings. The summed E-state index contributed by atoms with van der Waals surface area (Å²) in [6, 6.07) is 0. The van der Waals surface area contributed by atoms with Crippen LogP contribution in [0.25, 0.3) is 0 Å². The molecule has 0 aromatic rings. The number of nitrogens with zero attached hydrogens (tertiary/aromatic N) is 1. The van der Waals surface area contributed by atoms with E-state index in [-0.39, 0.29) is 6.09 Å². The van der Waals surface area contributed by atoms with E-state index in [4.69, 9.17) is 9.47 Å². The largest absolute Gasteiger partial charge is 0.444 e. The molecule has 2 rings (SSSR count). The highest BCUT2D eigenvalue weighted by Crippen LogP contribution is 2.48. The van der Waals surface area contributed by atoms with E-state index in [1.807, 2.05) is 25.7 Å². The van der Waals surface area contributed by atoms with Crippen LogP contribution in [0.4, 0.5) is 4.79 Å². The summed E-state index contributed by atoms with van der Waals surface area (Å²) in [6.45, 7) is 11.5. The summed E-state index contributed by atoms with van der Waals surface area (Å²) in [5.74, 6) is 2.39. The number of piperidine rings is 1. The van der Waals surface area contributed by atoms with Crippen molar-refractivity contribution in [1.82, 2.24) is 4.90 Å². The van der Waals surface area contributed by atoms with Crippen LogP contribution in [-0.4, -0.2) is 42.9 Å². The summed E-state index contributed by atoms with van der Waals surface area (Å²) in [4.78, 5) is 13.9. The highest BCUT2D eigenvalue weighted by molar-refractivity contribution is 5.68. The number of ether oxygens (including phenoxy) is 2. The van der Waals surface area contributed by atoms with Gasteiger partial charge in [0.25, 0.3) is 0 Å². The highest BCUT2D eigenvalue weighted by Gasteiger charge is 2.44. The van der Waals surface area contributed by atoms with Crippen molar-refractivity contribution in [3.05, 3.63) is 0 Å². The molecule has 2 atom stereocenters. The van der Waals surface area contributed by atoms with Crippen LogP contribution in [0.2, 0.25) is 0 Å². The Bertz CT molecular complexity index is 356. The van der Waals surface area contributed by atoms with Gasteiger partial charge in [0.2, 0.25) is 0 Å². The molecule has 1 amide bonds. The SMILES string of the molecule is CCCCOC[C@@H]1C[C@@H]1C1CCN(C(=O)OC(C)(C)C)CC1. The normalized spacial score (nSPS) is 26.1. The van der Waals surface area contributed by atoms with Crippen molar-refractivity contribution >= 4 is 6.09 Å². The average Bonchev–Trinajstić information content (AvgIpc) is 3.21. The molecule has 1 aliphatic carbocycles. The van der Waals surface area contributed by atoms with E-state index in [1.54, 1.807) is 0 Å². The topological polar surface area (TPSA) is 38.8 Å². The highest BCUT2D eigenvalue weighted by atomic mass is 16.6. The van der Waals surface area contributed by atoms with Crippen molar-refractivity contribution in [3.63, 3.8) is 0 Å². The second-order valence-electron chi connectivity index (χ2n) is 7.89. The number of amides is 1. The summed E-state index contributed by atoms with van der Waals surface area (Å²) in [5.41, 5.74) is -0.397. The molecule has 1 heterocycles. The van der Waals surface area contributed by atoms with Gasteiger partial charge >= 0.3 is 6.09 Å². The lowest BCUT2D eigenvalue weighted by molar-refractivity contribution is 0.0170. The van der Waals surface area contributed by atoms with Crippen LogP contribution in [0.1, 0.15) is 59.8 Å². The molecule has 4 heteroatoms. The minimum atomic E-state index is -0.397. The number of rotatable bonds is 6. The third-order valence-corrected chi connectivity index (χ3v) is 4.75. The predicted octanol–water partition coefficient (Wildman–Crippen LogP) is 4.09. The number of carbonyl (C=O) groups is 1. The van der Waals surface area contributed by atoms with E-state index < -0.39 is 5.60 Å². The van der Waals surface area contributed by atoms with Crippen LogP contribution >= 0.6 is 0 Å². The van der Waals surface area contributed by atoms with Gasteiger partial charge in [-0.1, -0.05) is 13.3 Å². The molecule has 2 fully saturated rings. The van der Waals surface area contributed by atoms with Gasteiger partial charge in [-0.25, -0.2) is 4.79 Å². The Hall–Kier alpha value is -0.770. The smallest absolute Gasteiger partial charge is 0.410 e. The molecule has 22 heavy (non-hydrogen) atoms. The molecule has 1 saturated carbocycles. The van der Waals surface area contributed by atoms with Crippen LogP contribution in [0, 0.1) is 17.8 Å². The minimum absolute atomic E-state index is 0.152. The maximum atomic E-state index is 12.1. The van der Waals surface area contributed by atoms with Gasteiger partial charge in [0.1, 0.15) is 5.60 Å². The number of hydrogen-bond acceptors (Lipinski definition) is 3. The maximum Gasteiger partial charge on any atom is 0.410 e. The first-order chi connectivity index (χ1) is 10.4. The van der Waals surface area contributed by atoms with Crippen molar-refractivity contribution in [3.8, 4) is 0 Å². The fraction of sp³-hybridized carbons (Fsp3) is 0.944. The molecule has 128 valence electrons. The Kier molecular flexibility index (Phi) is 6.13. The Morgan fingerprint density at radius 1 is 1.23 bits per heavy atom. The molecule has 0 unspecified atom stereocenters. The quantitative estimate of drug-likeness (QED) is 0.694. The van der Waals surface area contributed by atoms with Crippen LogP contribution < -0.4 is 0 Å². The third-order valence-electron chi connectivity index (χ3n) is 4.75. The molecule has 1 aliphatic heterocycles. The Morgan fingerprint density at radius 2 is 1.91 bits per heavy atom. The van der Waals surface area contributed by atoms with Gasteiger partial charge < -0.3 is 14.4 Å². The van der Waals surface area contributed by atoms with Crippen LogP contribution in [-0.2, 0) is 9.47 Å². The fourth-order valence-electron chi connectivity index (χ4n) is 3.36. The number of unbranched alkanes of at least 4 members (excludes halogenated alkanes) is 1. The summed E-state index contributed by atoms with van der Waals surface area (Å²) in [5, 5.41) is 0. The van der Waals surface area contributed by atoms with E-state index in [9.17, 15) is 4.79 Å². The van der Waals surface area contributed by atoms with Gasteiger partial charge in [-0.15, -0.1) is 0 Å². The van der Waals surface area contributed by atoms with Gasteiger partial charge in [-0.3, -0.25) is 0 Å². The molecule has 0 bridgehead atoms. The standard InChI is InChI=1S/C18H33NO3/c1-5-6-11-21-13-15-12-16(15)14-7-9-19(10-8-14)17(20)22-18(2,3)4/h14-16H,5-13H2,1-4H3/t15-,16+/m0/s1. The van der Waals surface area contributed by atoms with E-state index >= 15 is 0 Å². The molecule has 0 radical (unpaired) electrons. The number of carbonyl (C=O) groups excluding carboxylic acids is 1. The first kappa shape index (κ1) is 17.6. The summed E-state index contributed by atoms with van der Waals surface area (Å²) >= 11 is 0. The van der Waals surface area contributed by atoms with Crippen molar-refractivity contribution in [2.45, 2.75) is 65.4 Å². The molecule has 0 N–H and O–H groups in total. The predicted molar refractivity (Wildman–Crippen MR) is 87.9 cm³/mol. The molecule has 4 nitrogen and oxygen atoms in total. The van der Waals surface area contributed by atoms with Gasteiger partial charge in [0, 0.05) is 26.3 Å². The van der Waals surface area contributed by atoms with Crippen LogP contribution in [0.5, 0.6) is 0 Å². The molecule has 0 spiro atoms. The Balaban J connectivity index is 1.63. The van der Waals surface area contributed by atoms with Crippen molar-refractivity contribution in [2.75, 3.05) is 26.3 Å². The van der Waals surface area contributed by atoms with Crippen molar-refractivity contribution in [1.29, 1.82) is 0 Å². The average molecular weight is 311 g/mol. The summed E-state index contributed by atoms with van der Waals surface area (Å²) in [7, 11) is 0. The van der Waals surface area contributed by atoms with Gasteiger partial charge in [-0.2, -0.15) is 0 Å². The van der Waals surface area contributed by atoms with Crippen molar-refractivity contribution < 1.29 is 14.3 Å². The Labute approximate surface area is 135 Å². The van der Waals surface area contributed by atoms with E-state index in [0.717, 1.165) is 56.9 Å². The van der Waals surface area contributed by atoms with E-state index in [2.05, 4.69) is 6.92 Å². The molecule has 0 aromatic heterocycles. The number of hydrogen-bond donors (Lipinski definition) is 0. The Morgan fingerprint density at radius 3 is 2.50 bits per heavy atom. The monoisotopic (exact) mass is 311 g/mol. The number of likely N-dealkylation sites (tertiary alicyclic amines) is 1. The second kappa shape index (κ2) is 7.67. The summed E-state index contributed by atoms with van der Waals surface area (Å²) < 4.78 is 11.2. The lowest BCUT2D eigenvalue weighted by atomic mass is 9.91. The van der Waals surface area contributed by atoms with E-state index in [0.29, 0.717) is 0 Å². The minimum Gasteiger partial charge on any atom is -0.444 e. The zero-order valence-electron chi connectivity index (χ0n) is 14.8. The lowest BCUT2D eigenvalue weighted by Gasteiger charge is -2.33. The van der Waals surface area contributed by atoms with Crippen LogP contribution in [0.15, 0.2) is 0 Å². The molecule has 0 aromatic carbocycles. The van der Waals surface area contributed by atoms with E-state index in [1.165, 1.54) is 19.3 Å². The zero-order valence-corrected chi connectivity index (χ0v) is 14.8. The van der Waals surface area contributed by atoms with Gasteiger partial charge in [0.05, 0.1) is 0 Å². The first-order valence-corrected chi connectivity index (χ1v) is 8.96. The fourth-order valence-corrected chi connectivity index (χ4v) is 3.36. The molecular formula is C18H33NO3. The second-order valence-corrected chi connectivity index (χ2v) is 7.89. The zero-order chi connectivity index (χ0) is 16.2.